The van der Waals surface area contributed by atoms with Crippen LogP contribution in [0.15, 0.2) is 0 Å². The Morgan fingerprint density at radius 1 is 0.680 bits per heavy atom. The summed E-state index contributed by atoms with van der Waals surface area (Å²) in [5, 5.41) is 0. The zero-order valence-corrected chi connectivity index (χ0v) is 19.7. The Balaban J connectivity index is 0. The monoisotopic (exact) mass is 386 g/mol. The van der Waals surface area contributed by atoms with Crippen molar-refractivity contribution in [3.63, 3.8) is 0 Å². The summed E-state index contributed by atoms with van der Waals surface area (Å²) in [6.45, 7) is 4.30. The quantitative estimate of drug-likeness (QED) is 0.157. The van der Waals surface area contributed by atoms with Gasteiger partial charge in [0.1, 0.15) is 0 Å². The first kappa shape index (κ1) is 28.1. The summed E-state index contributed by atoms with van der Waals surface area (Å²) in [4.78, 5) is 0. The van der Waals surface area contributed by atoms with Crippen molar-refractivity contribution in [2.24, 2.45) is 0 Å². The van der Waals surface area contributed by atoms with Crippen LogP contribution in [0.3, 0.4) is 0 Å². The molecular weight excluding hydrogens is 347 g/mol. The molecule has 1 atom stereocenters. The fourth-order valence-corrected chi connectivity index (χ4v) is 3.58. The average Bonchev–Trinajstić information content (AvgIpc) is 2.52. The van der Waals surface area contributed by atoms with Crippen LogP contribution in [0.1, 0.15) is 117 Å². The van der Waals surface area contributed by atoms with Gasteiger partial charge in [-0.2, -0.15) is 0 Å². The Hall–Kier alpha value is 0.870. The van der Waals surface area contributed by atoms with Gasteiger partial charge in [-0.15, -0.1) is 0 Å². The van der Waals surface area contributed by atoms with Gasteiger partial charge in [-0.25, -0.2) is 8.42 Å². The minimum atomic E-state index is -4.57. The van der Waals surface area contributed by atoms with Crippen LogP contribution in [0.25, 0.3) is 0 Å². The van der Waals surface area contributed by atoms with Gasteiger partial charge in [0, 0.05) is 0 Å². The number of unbranched alkanes of at least 4 members (excludes halogenated alkanes) is 12. The predicted molar refractivity (Wildman–Crippen MR) is 99.8 cm³/mol. The molecule has 0 aromatic carbocycles. The molecule has 0 radical (unpaired) electrons. The van der Waals surface area contributed by atoms with Crippen molar-refractivity contribution in [2.45, 2.75) is 123 Å². The van der Waals surface area contributed by atoms with E-state index in [-0.39, 0.29) is 29.6 Å². The SMILES string of the molecule is CCCCCCCCCCCCCCC(CCCC)OS(=O)(=O)[O-].[Na+]. The van der Waals surface area contributed by atoms with Gasteiger partial charge in [0.25, 0.3) is 0 Å². The van der Waals surface area contributed by atoms with Gasteiger partial charge >= 0.3 is 29.6 Å². The van der Waals surface area contributed by atoms with Crippen LogP contribution in [-0.2, 0) is 14.6 Å². The molecule has 0 aliphatic heterocycles. The van der Waals surface area contributed by atoms with Gasteiger partial charge < -0.3 is 4.55 Å². The van der Waals surface area contributed by atoms with Gasteiger partial charge in [0.15, 0.2) is 0 Å². The van der Waals surface area contributed by atoms with E-state index in [1.54, 1.807) is 0 Å². The normalized spacial score (nSPS) is 12.8. The summed E-state index contributed by atoms with van der Waals surface area (Å²) in [7, 11) is -4.57. The Morgan fingerprint density at radius 2 is 1.04 bits per heavy atom. The van der Waals surface area contributed by atoms with Gasteiger partial charge in [0.05, 0.1) is 6.10 Å². The molecule has 0 aromatic rings. The summed E-state index contributed by atoms with van der Waals surface area (Å²) in [6.07, 6.45) is 18.1. The maximum absolute atomic E-state index is 10.7. The fraction of sp³-hybridized carbons (Fsp3) is 1.00. The van der Waals surface area contributed by atoms with Crippen LogP contribution in [0.4, 0.5) is 0 Å². The van der Waals surface area contributed by atoms with E-state index in [4.69, 9.17) is 0 Å². The molecule has 6 heteroatoms. The zero-order chi connectivity index (χ0) is 18.1. The van der Waals surface area contributed by atoms with E-state index in [1.807, 2.05) is 6.92 Å². The van der Waals surface area contributed by atoms with Gasteiger partial charge in [-0.1, -0.05) is 104 Å². The molecule has 0 aliphatic rings. The van der Waals surface area contributed by atoms with Crippen molar-refractivity contribution < 1.29 is 46.7 Å². The minimum Gasteiger partial charge on any atom is -0.726 e. The molecule has 0 spiro atoms. The predicted octanol–water partition coefficient (Wildman–Crippen LogP) is 3.12. The first-order valence-electron chi connectivity index (χ1n) is 10.1. The van der Waals surface area contributed by atoms with E-state index in [2.05, 4.69) is 11.1 Å². The second kappa shape index (κ2) is 19.6. The third kappa shape index (κ3) is 22.8. The van der Waals surface area contributed by atoms with Crippen LogP contribution in [0, 0.1) is 0 Å². The van der Waals surface area contributed by atoms with E-state index in [1.165, 1.54) is 64.2 Å². The molecule has 0 saturated heterocycles. The summed E-state index contributed by atoms with van der Waals surface area (Å²) in [5.41, 5.74) is 0. The minimum absolute atomic E-state index is 0. The average molecular weight is 387 g/mol. The van der Waals surface area contributed by atoms with Crippen molar-refractivity contribution in [3.8, 4) is 0 Å². The van der Waals surface area contributed by atoms with Crippen LogP contribution < -0.4 is 29.6 Å². The molecule has 0 heterocycles. The number of hydrogen-bond acceptors (Lipinski definition) is 4. The first-order valence-corrected chi connectivity index (χ1v) is 11.5. The van der Waals surface area contributed by atoms with Crippen LogP contribution in [0.2, 0.25) is 0 Å². The molecule has 0 bridgehead atoms. The molecule has 146 valence electrons. The first-order chi connectivity index (χ1) is 11.5. The molecule has 0 amide bonds. The van der Waals surface area contributed by atoms with Gasteiger partial charge in [0.2, 0.25) is 10.4 Å². The molecular formula is C19H39NaO4S. The second-order valence-electron chi connectivity index (χ2n) is 6.95. The number of hydrogen-bond donors (Lipinski definition) is 0. The van der Waals surface area contributed by atoms with E-state index in [0.29, 0.717) is 12.8 Å². The van der Waals surface area contributed by atoms with Crippen molar-refractivity contribution in [2.75, 3.05) is 0 Å². The third-order valence-corrected chi connectivity index (χ3v) is 5.02. The van der Waals surface area contributed by atoms with Crippen molar-refractivity contribution >= 4 is 10.4 Å². The second-order valence-corrected chi connectivity index (χ2v) is 7.96. The largest absolute Gasteiger partial charge is 1.00 e. The standard InChI is InChI=1S/C19H40O4S.Na/c1-3-5-7-8-9-10-11-12-13-14-15-16-18-19(17-6-4-2)23-24(20,21)22;/h19H,3-18H2,1-2H3,(H,20,21,22);/q;+1/p-1. The van der Waals surface area contributed by atoms with Gasteiger partial charge in [-0.3, -0.25) is 4.18 Å². The molecule has 0 saturated carbocycles. The van der Waals surface area contributed by atoms with Gasteiger partial charge in [-0.05, 0) is 12.8 Å². The Labute approximate surface area is 179 Å². The summed E-state index contributed by atoms with van der Waals surface area (Å²) in [6, 6.07) is 0. The maximum Gasteiger partial charge on any atom is 1.00 e. The van der Waals surface area contributed by atoms with E-state index in [9.17, 15) is 13.0 Å². The topological polar surface area (TPSA) is 66.4 Å². The smallest absolute Gasteiger partial charge is 0.726 e. The molecule has 1 unspecified atom stereocenters. The van der Waals surface area contributed by atoms with E-state index >= 15 is 0 Å². The van der Waals surface area contributed by atoms with E-state index in [0.717, 1.165) is 25.7 Å². The molecule has 25 heavy (non-hydrogen) atoms. The Kier molecular flexibility index (Phi) is 22.0. The van der Waals surface area contributed by atoms with Crippen LogP contribution >= 0.6 is 0 Å². The fourth-order valence-electron chi connectivity index (χ4n) is 3.05. The van der Waals surface area contributed by atoms with E-state index < -0.39 is 16.5 Å². The van der Waals surface area contributed by atoms with Crippen molar-refractivity contribution in [3.05, 3.63) is 0 Å². The molecule has 0 aliphatic carbocycles. The van der Waals surface area contributed by atoms with Crippen molar-refractivity contribution in [1.29, 1.82) is 0 Å². The molecule has 4 nitrogen and oxygen atoms in total. The van der Waals surface area contributed by atoms with Crippen molar-refractivity contribution in [1.82, 2.24) is 0 Å². The summed E-state index contributed by atoms with van der Waals surface area (Å²) in [5.74, 6) is 0. The number of rotatable bonds is 18. The van der Waals surface area contributed by atoms with Crippen LogP contribution in [-0.4, -0.2) is 19.1 Å². The Bertz CT molecular complexity index is 360. The molecule has 0 fully saturated rings. The Morgan fingerprint density at radius 3 is 1.44 bits per heavy atom. The maximum atomic E-state index is 10.7. The van der Waals surface area contributed by atoms with Crippen LogP contribution in [0.5, 0.6) is 0 Å². The summed E-state index contributed by atoms with van der Waals surface area (Å²) >= 11 is 0. The molecule has 0 rings (SSSR count). The third-order valence-electron chi connectivity index (χ3n) is 4.51. The zero-order valence-electron chi connectivity index (χ0n) is 16.9. The summed E-state index contributed by atoms with van der Waals surface area (Å²) < 4.78 is 36.9. The molecule has 0 N–H and O–H groups in total. The molecule has 0 aromatic heterocycles.